The summed E-state index contributed by atoms with van der Waals surface area (Å²) in [6, 6.07) is 37.2. The van der Waals surface area contributed by atoms with Crippen LogP contribution in [0, 0.1) is 6.92 Å². The van der Waals surface area contributed by atoms with Crippen LogP contribution < -0.4 is 43.3 Å². The summed E-state index contributed by atoms with van der Waals surface area (Å²) >= 11 is 0. The molecule has 123 heavy (non-hydrogen) atoms. The van der Waals surface area contributed by atoms with E-state index in [4.69, 9.17) is 23.7 Å². The van der Waals surface area contributed by atoms with E-state index in [2.05, 4.69) is 289 Å². The van der Waals surface area contributed by atoms with Crippen molar-refractivity contribution in [3.05, 3.63) is 158 Å². The van der Waals surface area contributed by atoms with Gasteiger partial charge in [0.1, 0.15) is 34.5 Å². The number of anilines is 4. The highest BCUT2D eigenvalue weighted by Gasteiger charge is 2.34. The second-order valence-corrected chi connectivity index (χ2v) is 42.9. The molecule has 682 valence electrons. The first kappa shape index (κ1) is 99.4. The number of hydrogen-bond acceptors (Lipinski definition) is 16. The average Bonchev–Trinajstić information content (AvgIpc) is 1.63. The minimum absolute atomic E-state index is 0.0147. The Kier molecular flexibility index (Phi) is 35.1. The van der Waals surface area contributed by atoms with Gasteiger partial charge >= 0.3 is 0 Å². The van der Waals surface area contributed by atoms with E-state index < -0.39 is 0 Å². The van der Waals surface area contributed by atoms with Crippen LogP contribution in [-0.2, 0) is 61.3 Å². The molecule has 6 fully saturated rings. The lowest BCUT2D eigenvalue weighted by Crippen LogP contribution is -2.52. The lowest BCUT2D eigenvalue weighted by Gasteiger charge is -2.42. The fraction of sp³-hybridized carbons (Fsp3) is 0.642. The largest absolute Gasteiger partial charge is 0.496 e. The van der Waals surface area contributed by atoms with Crippen molar-refractivity contribution in [1.29, 1.82) is 0 Å². The molecular formula is C106H166N10O7. The van der Waals surface area contributed by atoms with Gasteiger partial charge in [-0.25, -0.2) is 0 Å². The smallest absolute Gasteiger partial charge is 0.241 e. The van der Waals surface area contributed by atoms with Gasteiger partial charge in [0.15, 0.2) is 0 Å². The van der Waals surface area contributed by atoms with E-state index >= 15 is 0 Å². The number of ether oxygens (including phenoxy) is 5. The molecule has 0 spiro atoms. The number of carbonyl (C=O) groups excluding carboxylic acids is 2. The Morgan fingerprint density at radius 1 is 0.374 bits per heavy atom. The fourth-order valence-electron chi connectivity index (χ4n) is 18.9. The van der Waals surface area contributed by atoms with E-state index in [9.17, 15) is 9.59 Å². The van der Waals surface area contributed by atoms with Crippen molar-refractivity contribution in [2.45, 2.75) is 259 Å². The lowest BCUT2D eigenvalue weighted by molar-refractivity contribution is -0.119. The third-order valence-corrected chi connectivity index (χ3v) is 26.8. The van der Waals surface area contributed by atoms with Crippen LogP contribution in [0.2, 0.25) is 0 Å². The number of ketones is 1. The Bertz CT molecular complexity index is 4350. The molecule has 14 rings (SSSR count). The van der Waals surface area contributed by atoms with Crippen molar-refractivity contribution in [2.75, 3.05) is 208 Å². The van der Waals surface area contributed by atoms with E-state index in [1.54, 1.807) is 35.5 Å². The normalized spacial score (nSPS) is 18.5. The zero-order chi connectivity index (χ0) is 90.3. The van der Waals surface area contributed by atoms with Crippen LogP contribution in [0.1, 0.15) is 250 Å². The van der Waals surface area contributed by atoms with Crippen LogP contribution in [0.25, 0.3) is 0 Å². The third kappa shape index (κ3) is 27.6. The molecule has 1 aliphatic carbocycles. The first-order valence-corrected chi connectivity index (χ1v) is 46.7. The number of fused-ring (bicyclic) bond motifs is 2. The summed E-state index contributed by atoms with van der Waals surface area (Å²) in [6.45, 7) is 62.5. The first-order chi connectivity index (χ1) is 57.8. The Morgan fingerprint density at radius 3 is 1.18 bits per heavy atom. The standard InChI is InChI=1S/C21H35N3O.C20H32N2O.C18H29NO.C17H26N2O2.C16H26N2O.C14H18O/c1-21(2,3)19-7-6-18(16-20(19)25-5)23-10-8-17(9-11-23)24-14-12-22(4)13-15-24;1-20(2,3)18-8-7-17(15-19(18)23-4)22-13-9-16(10-14-22)21-11-5-6-12-21;1-13-11-16(18(2,3)4)17(20-6)12-15(13)14-7-9-19(5)10-8-14;1-17(2,3)13-10-14-12(9-15(13)21-6)7-8-19(14)16(20)11-18(4)5;1-16(2,3)14-7-6-13(12-15(14)19-5)18-10-8-17(4)9-11-18;1-14(2,3)12-6-4-11-9-13(15)7-5-10(11)8-12/h6-7,16-17H,8-15H2,1-5H3;7-8,15-16H,5-6,9-14H2,1-4H3;11-12,14H,7-10H2,1-6H3;9-10H,7-8,11H2,1-6H3;6-7,12H,8-11H2,1-5H3;4,6,8H,5,7,9H2,1-3H3. The Balaban J connectivity index is 0.000000168. The fourth-order valence-corrected chi connectivity index (χ4v) is 18.9. The van der Waals surface area contributed by atoms with Gasteiger partial charge in [0.2, 0.25) is 5.91 Å². The molecule has 17 heteroatoms. The summed E-state index contributed by atoms with van der Waals surface area (Å²) in [6.07, 6.45) is 13.6. The van der Waals surface area contributed by atoms with Gasteiger partial charge in [-0.05, 0) is 263 Å². The van der Waals surface area contributed by atoms with Gasteiger partial charge in [0.05, 0.1) is 42.1 Å². The predicted molar refractivity (Wildman–Crippen MR) is 520 cm³/mol. The number of likely N-dealkylation sites (tertiary alicyclic amines) is 2. The summed E-state index contributed by atoms with van der Waals surface area (Å²) in [5.74, 6) is 6.25. The van der Waals surface area contributed by atoms with Crippen molar-refractivity contribution < 1.29 is 33.3 Å². The minimum Gasteiger partial charge on any atom is -0.496 e. The highest BCUT2D eigenvalue weighted by atomic mass is 16.5. The molecule has 7 aliphatic heterocycles. The number of likely N-dealkylation sites (N-methyl/N-ethyl adjacent to an activating group) is 3. The minimum atomic E-state index is -0.0147. The number of nitrogens with zero attached hydrogens (tertiary/aromatic N) is 10. The van der Waals surface area contributed by atoms with Crippen LogP contribution in [0.4, 0.5) is 22.7 Å². The molecular weight excluding hydrogens is 1530 g/mol. The Labute approximate surface area is 747 Å². The van der Waals surface area contributed by atoms with Crippen LogP contribution in [-0.4, -0.2) is 242 Å². The van der Waals surface area contributed by atoms with Gasteiger partial charge in [0, 0.05) is 157 Å². The number of benzene rings is 6. The molecule has 0 bridgehead atoms. The molecule has 6 saturated heterocycles. The summed E-state index contributed by atoms with van der Waals surface area (Å²) in [4.78, 5) is 47.7. The molecule has 0 N–H and O–H groups in total. The molecule has 6 aromatic carbocycles. The van der Waals surface area contributed by atoms with Gasteiger partial charge in [-0.15, -0.1) is 0 Å². The van der Waals surface area contributed by atoms with Crippen molar-refractivity contribution in [3.63, 3.8) is 0 Å². The third-order valence-electron chi connectivity index (χ3n) is 26.8. The van der Waals surface area contributed by atoms with E-state index in [-0.39, 0.29) is 38.4 Å². The number of Topliss-reactive ketones (excluding diaryl/α,β-unsaturated/α-hetero) is 1. The zero-order valence-electron chi connectivity index (χ0n) is 82.5. The lowest BCUT2D eigenvalue weighted by atomic mass is 9.81. The number of carbonyl (C=O) groups is 2. The zero-order valence-corrected chi connectivity index (χ0v) is 82.5. The number of aryl methyl sites for hydroxylation is 2. The topological polar surface area (TPSA) is 113 Å². The number of piperidine rings is 3. The summed E-state index contributed by atoms with van der Waals surface area (Å²) < 4.78 is 28.2. The number of piperazine rings is 2. The maximum atomic E-state index is 12.4. The van der Waals surface area contributed by atoms with E-state index in [1.165, 1.54) is 190 Å². The molecule has 7 heterocycles. The molecule has 0 radical (unpaired) electrons. The number of hydrogen-bond donors (Lipinski definition) is 0. The van der Waals surface area contributed by atoms with Gasteiger partial charge in [0.25, 0.3) is 0 Å². The molecule has 0 saturated carbocycles. The summed E-state index contributed by atoms with van der Waals surface area (Å²) in [5.41, 5.74) is 20.0. The quantitative estimate of drug-likeness (QED) is 0.109. The predicted octanol–water partition coefficient (Wildman–Crippen LogP) is 19.6. The molecule has 0 aromatic heterocycles. The molecule has 0 atom stereocenters. The maximum absolute atomic E-state index is 12.4. The monoisotopic (exact) mass is 1690 g/mol. The SMILES string of the molecule is CC(C)(C)c1ccc2c(c1)CCC(=O)C2.COc1cc(C2CCN(C)CC2)c(C)cc1C(C)(C)C.COc1cc(N2CCC(N3CCCC3)CC2)ccc1C(C)(C)C.COc1cc(N2CCC(N3CCN(C)CC3)CC2)ccc1C(C)(C)C.COc1cc(N2CCN(C)CC2)ccc1C(C)(C)C.COc1cc2c(cc1C(C)(C)C)N(C(=O)CN(C)C)CC2. The van der Waals surface area contributed by atoms with Gasteiger partial charge in [-0.1, -0.05) is 167 Å². The average molecular weight is 1690 g/mol. The van der Waals surface area contributed by atoms with Gasteiger partial charge < -0.3 is 67.8 Å². The molecule has 6 aromatic rings. The van der Waals surface area contributed by atoms with Crippen LogP contribution in [0.15, 0.2) is 97.1 Å². The highest BCUT2D eigenvalue weighted by molar-refractivity contribution is 5.97. The van der Waals surface area contributed by atoms with E-state index in [1.807, 2.05) is 23.9 Å². The van der Waals surface area contributed by atoms with Crippen LogP contribution >= 0.6 is 0 Å². The van der Waals surface area contributed by atoms with Crippen LogP contribution in [0.5, 0.6) is 28.7 Å². The van der Waals surface area contributed by atoms with E-state index in [0.29, 0.717) is 24.7 Å². The second kappa shape index (κ2) is 43.4. The number of methoxy groups -OCH3 is 5. The molecule has 8 aliphatic rings. The van der Waals surface area contributed by atoms with Crippen molar-refractivity contribution in [2.24, 2.45) is 0 Å². The maximum Gasteiger partial charge on any atom is 0.241 e. The summed E-state index contributed by atoms with van der Waals surface area (Å²) in [7, 11) is 19.3. The Morgan fingerprint density at radius 2 is 0.764 bits per heavy atom. The van der Waals surface area contributed by atoms with Gasteiger partial charge in [-0.2, -0.15) is 0 Å². The van der Waals surface area contributed by atoms with Crippen molar-refractivity contribution in [1.82, 2.24) is 29.4 Å². The first-order valence-electron chi connectivity index (χ1n) is 46.7. The Hall–Kier alpha value is -7.38. The summed E-state index contributed by atoms with van der Waals surface area (Å²) in [5, 5.41) is 0. The van der Waals surface area contributed by atoms with E-state index in [0.717, 1.165) is 117 Å². The molecule has 0 unspecified atom stereocenters. The highest BCUT2D eigenvalue weighted by Crippen LogP contribution is 2.44. The molecule has 1 amide bonds. The van der Waals surface area contributed by atoms with Crippen molar-refractivity contribution >= 4 is 34.4 Å². The number of rotatable bonds is 13. The number of amides is 1. The van der Waals surface area contributed by atoms with Crippen LogP contribution in [0.3, 0.4) is 0 Å². The van der Waals surface area contributed by atoms with Gasteiger partial charge in [-0.3, -0.25) is 14.5 Å². The van der Waals surface area contributed by atoms with Crippen molar-refractivity contribution in [3.8, 4) is 28.7 Å². The molecule has 17 nitrogen and oxygen atoms in total. The second-order valence-electron chi connectivity index (χ2n) is 42.9.